The van der Waals surface area contributed by atoms with Crippen LogP contribution in [0, 0.1) is 5.41 Å². The normalized spacial score (nSPS) is 15.5. The van der Waals surface area contributed by atoms with Gasteiger partial charge in [0.15, 0.2) is 5.01 Å². The summed E-state index contributed by atoms with van der Waals surface area (Å²) in [5, 5.41) is 10.8. The molecule has 0 saturated heterocycles. The summed E-state index contributed by atoms with van der Waals surface area (Å²) in [6.07, 6.45) is 3.60. The van der Waals surface area contributed by atoms with E-state index in [-0.39, 0.29) is 11.0 Å². The number of hydrogen-bond donors (Lipinski definition) is 0. The molecule has 3 aromatic heterocycles. The first-order valence-electron chi connectivity index (χ1n) is 9.29. The van der Waals surface area contributed by atoms with Gasteiger partial charge in [0.2, 0.25) is 0 Å². The summed E-state index contributed by atoms with van der Waals surface area (Å²) < 4.78 is 1.84. The summed E-state index contributed by atoms with van der Waals surface area (Å²) in [5.41, 5.74) is 2.62. The predicted molar refractivity (Wildman–Crippen MR) is 110 cm³/mol. The van der Waals surface area contributed by atoms with Gasteiger partial charge in [0.05, 0.1) is 10.9 Å². The second kappa shape index (κ2) is 6.31. The van der Waals surface area contributed by atoms with Gasteiger partial charge < -0.3 is 0 Å². The smallest absolute Gasteiger partial charge is 0.261 e. The van der Waals surface area contributed by atoms with Crippen molar-refractivity contribution in [1.29, 1.82) is 0 Å². The van der Waals surface area contributed by atoms with Crippen molar-refractivity contribution >= 4 is 22.2 Å². The summed E-state index contributed by atoms with van der Waals surface area (Å²) in [6, 6.07) is 11.5. The minimum absolute atomic E-state index is 0.0470. The second-order valence-electron chi connectivity index (χ2n) is 7.94. The molecule has 0 fully saturated rings. The minimum atomic E-state index is 0.0470. The van der Waals surface area contributed by atoms with Crippen LogP contribution >= 0.6 is 11.3 Å². The van der Waals surface area contributed by atoms with Gasteiger partial charge in [-0.25, -0.2) is 4.98 Å². The van der Waals surface area contributed by atoms with Crippen LogP contribution in [0.4, 0.5) is 0 Å². The molecule has 1 aromatic carbocycles. The van der Waals surface area contributed by atoms with E-state index in [1.165, 1.54) is 11.3 Å². The van der Waals surface area contributed by atoms with E-state index in [1.54, 1.807) is 6.20 Å². The monoisotopic (exact) mass is 389 g/mol. The van der Waals surface area contributed by atoms with Crippen molar-refractivity contribution in [2.24, 2.45) is 5.41 Å². The van der Waals surface area contributed by atoms with E-state index < -0.39 is 0 Å². The average molecular weight is 389 g/mol. The quantitative estimate of drug-likeness (QED) is 0.519. The highest BCUT2D eigenvalue weighted by Crippen LogP contribution is 2.32. The Balaban J connectivity index is 1.58. The van der Waals surface area contributed by atoms with E-state index >= 15 is 0 Å². The van der Waals surface area contributed by atoms with Crippen molar-refractivity contribution in [1.82, 2.24) is 24.7 Å². The van der Waals surface area contributed by atoms with E-state index in [2.05, 4.69) is 29.0 Å². The predicted octanol–water partition coefficient (Wildman–Crippen LogP) is 3.95. The molecule has 0 atom stereocenters. The van der Waals surface area contributed by atoms with Gasteiger partial charge in [0, 0.05) is 24.7 Å². The summed E-state index contributed by atoms with van der Waals surface area (Å²) in [5.74, 6) is 0.875. The Kier molecular flexibility index (Phi) is 3.87. The Morgan fingerprint density at radius 3 is 2.79 bits per heavy atom. The lowest BCUT2D eigenvalue weighted by molar-refractivity contribution is 0.240. The third-order valence-electron chi connectivity index (χ3n) is 5.20. The molecule has 0 spiro atoms. The Labute approximate surface area is 165 Å². The Hall–Kier alpha value is -2.93. The van der Waals surface area contributed by atoms with Gasteiger partial charge in [-0.3, -0.25) is 14.3 Å². The van der Waals surface area contributed by atoms with E-state index in [0.29, 0.717) is 5.39 Å². The maximum atomic E-state index is 13.0. The third kappa shape index (κ3) is 2.92. The molecule has 140 valence electrons. The fourth-order valence-corrected chi connectivity index (χ4v) is 4.46. The largest absolute Gasteiger partial charge is 0.296 e. The van der Waals surface area contributed by atoms with Crippen molar-refractivity contribution < 1.29 is 0 Å². The molecule has 7 heteroatoms. The molecule has 0 amide bonds. The van der Waals surface area contributed by atoms with Crippen LogP contribution in [0.3, 0.4) is 0 Å². The number of pyridine rings is 1. The van der Waals surface area contributed by atoms with Gasteiger partial charge in [0.25, 0.3) is 5.56 Å². The molecule has 0 radical (unpaired) electrons. The van der Waals surface area contributed by atoms with Crippen LogP contribution in [0.1, 0.15) is 26.1 Å². The molecular formula is C21H19N5OS. The average Bonchev–Trinajstić information content (AvgIpc) is 3.19. The highest BCUT2D eigenvalue weighted by molar-refractivity contribution is 7.17. The van der Waals surface area contributed by atoms with Gasteiger partial charge >= 0.3 is 0 Å². The molecule has 5 rings (SSSR count). The molecule has 4 heterocycles. The Morgan fingerprint density at radius 1 is 1.11 bits per heavy atom. The molecule has 0 bridgehead atoms. The van der Waals surface area contributed by atoms with Crippen LogP contribution in [-0.2, 0) is 13.0 Å². The number of aryl methyl sites for hydroxylation is 1. The zero-order valence-corrected chi connectivity index (χ0v) is 16.5. The van der Waals surface area contributed by atoms with Crippen molar-refractivity contribution in [3.05, 3.63) is 58.8 Å². The summed E-state index contributed by atoms with van der Waals surface area (Å²) in [7, 11) is 0. The first-order valence-corrected chi connectivity index (χ1v) is 10.1. The number of hydrogen-bond acceptors (Lipinski definition) is 6. The Morgan fingerprint density at radius 2 is 1.96 bits per heavy atom. The van der Waals surface area contributed by atoms with Crippen molar-refractivity contribution in [2.75, 3.05) is 0 Å². The lowest BCUT2D eigenvalue weighted by atomic mass is 9.85. The number of fused-ring (bicyclic) bond motifs is 2. The van der Waals surface area contributed by atoms with Crippen LogP contribution in [0.2, 0.25) is 0 Å². The highest BCUT2D eigenvalue weighted by Gasteiger charge is 2.27. The summed E-state index contributed by atoms with van der Waals surface area (Å²) >= 11 is 1.48. The molecule has 1 aliphatic rings. The van der Waals surface area contributed by atoms with E-state index in [9.17, 15) is 4.79 Å². The van der Waals surface area contributed by atoms with Crippen molar-refractivity contribution in [3.8, 4) is 21.3 Å². The lowest BCUT2D eigenvalue weighted by Gasteiger charge is -2.31. The fraction of sp³-hybridized carbons (Fsp3) is 0.286. The molecule has 0 N–H and O–H groups in total. The van der Waals surface area contributed by atoms with Crippen LogP contribution in [0.5, 0.6) is 0 Å². The number of aromatic nitrogens is 5. The van der Waals surface area contributed by atoms with Crippen molar-refractivity contribution in [2.45, 2.75) is 33.2 Å². The third-order valence-corrected chi connectivity index (χ3v) is 6.20. The van der Waals surface area contributed by atoms with Crippen LogP contribution in [0.15, 0.2) is 47.4 Å². The topological polar surface area (TPSA) is 73.6 Å². The number of benzene rings is 1. The van der Waals surface area contributed by atoms with Gasteiger partial charge in [0.1, 0.15) is 16.5 Å². The van der Waals surface area contributed by atoms with Crippen LogP contribution in [0.25, 0.3) is 32.2 Å². The van der Waals surface area contributed by atoms with E-state index in [1.807, 2.05) is 41.0 Å². The zero-order valence-electron chi connectivity index (χ0n) is 15.7. The summed E-state index contributed by atoms with van der Waals surface area (Å²) in [6.45, 7) is 5.12. The zero-order chi connectivity index (χ0) is 19.3. The standard InChI is InChI=1S/C21H19N5OS/c1-21(2)9-8-17-23-16-11-13(6-7-14(16)20(27)26(17)12-21)18-24-25-19(28-18)15-5-3-4-10-22-15/h3-7,10-11H,8-9,12H2,1-2H3. The number of nitrogens with zero attached hydrogens (tertiary/aromatic N) is 5. The van der Waals surface area contributed by atoms with Crippen molar-refractivity contribution in [3.63, 3.8) is 0 Å². The molecule has 0 unspecified atom stereocenters. The van der Waals surface area contributed by atoms with Gasteiger partial charge in [-0.05, 0) is 36.1 Å². The van der Waals surface area contributed by atoms with Crippen LogP contribution in [-0.4, -0.2) is 24.7 Å². The van der Waals surface area contributed by atoms with Crippen LogP contribution < -0.4 is 5.56 Å². The highest BCUT2D eigenvalue weighted by atomic mass is 32.1. The van der Waals surface area contributed by atoms with E-state index in [0.717, 1.165) is 52.0 Å². The number of rotatable bonds is 2. The molecule has 0 aliphatic carbocycles. The summed E-state index contributed by atoms with van der Waals surface area (Å²) in [4.78, 5) is 22.1. The SMILES string of the molecule is CC1(C)CCc2nc3cc(-c4nnc(-c5ccccn5)s4)ccc3c(=O)n2C1. The first kappa shape index (κ1) is 17.2. The van der Waals surface area contributed by atoms with Gasteiger partial charge in [-0.2, -0.15) is 0 Å². The maximum Gasteiger partial charge on any atom is 0.261 e. The molecule has 4 aromatic rings. The molecule has 6 nitrogen and oxygen atoms in total. The van der Waals surface area contributed by atoms with E-state index in [4.69, 9.17) is 4.98 Å². The Bertz CT molecular complexity index is 1240. The molecular weight excluding hydrogens is 370 g/mol. The molecule has 0 saturated carbocycles. The lowest BCUT2D eigenvalue weighted by Crippen LogP contribution is -2.36. The molecule has 28 heavy (non-hydrogen) atoms. The second-order valence-corrected chi connectivity index (χ2v) is 8.92. The minimum Gasteiger partial charge on any atom is -0.296 e. The van der Waals surface area contributed by atoms with Gasteiger partial charge in [-0.15, -0.1) is 10.2 Å². The first-order chi connectivity index (χ1) is 13.5. The molecule has 1 aliphatic heterocycles. The maximum absolute atomic E-state index is 13.0. The fourth-order valence-electron chi connectivity index (χ4n) is 3.64. The van der Waals surface area contributed by atoms with Gasteiger partial charge in [-0.1, -0.05) is 37.3 Å².